The molecule has 0 spiro atoms. The molecule has 1 N–H and O–H groups in total. The summed E-state index contributed by atoms with van der Waals surface area (Å²) in [5.41, 5.74) is 1.81. The van der Waals surface area contributed by atoms with Gasteiger partial charge < -0.3 is 14.8 Å². The van der Waals surface area contributed by atoms with E-state index in [4.69, 9.17) is 9.47 Å². The lowest BCUT2D eigenvalue weighted by Crippen LogP contribution is -2.35. The van der Waals surface area contributed by atoms with Gasteiger partial charge in [0.05, 0.1) is 24.2 Å². The SMILES string of the molecule is COc1ccc(CNC(=O)[C@@H](C)OC(=O)CCS(=O)(=O)c2ccc(C)cc2)cc1. The van der Waals surface area contributed by atoms with E-state index in [0.29, 0.717) is 5.75 Å². The Kier molecular flexibility index (Phi) is 7.78. The maximum atomic E-state index is 12.3. The lowest BCUT2D eigenvalue weighted by molar-refractivity contribution is -0.154. The Morgan fingerprint density at radius 2 is 1.66 bits per heavy atom. The number of hydrogen-bond donors (Lipinski definition) is 1. The van der Waals surface area contributed by atoms with E-state index in [1.54, 1.807) is 31.4 Å². The molecule has 2 rings (SSSR count). The predicted octanol–water partition coefficient (Wildman–Crippen LogP) is 2.42. The topological polar surface area (TPSA) is 98.8 Å². The lowest BCUT2D eigenvalue weighted by atomic mass is 10.2. The van der Waals surface area contributed by atoms with Crippen LogP contribution in [0.4, 0.5) is 0 Å². The van der Waals surface area contributed by atoms with E-state index >= 15 is 0 Å². The zero-order valence-corrected chi connectivity index (χ0v) is 17.5. The van der Waals surface area contributed by atoms with Crippen LogP contribution >= 0.6 is 0 Å². The first-order valence-electron chi connectivity index (χ1n) is 9.11. The van der Waals surface area contributed by atoms with E-state index in [1.807, 2.05) is 19.1 Å². The summed E-state index contributed by atoms with van der Waals surface area (Å²) in [6, 6.07) is 13.6. The van der Waals surface area contributed by atoms with Crippen molar-refractivity contribution in [1.82, 2.24) is 5.32 Å². The number of nitrogens with one attached hydrogen (secondary N) is 1. The third-order valence-corrected chi connectivity index (χ3v) is 5.99. The molecule has 0 aliphatic rings. The number of benzene rings is 2. The molecule has 0 aliphatic carbocycles. The monoisotopic (exact) mass is 419 g/mol. The van der Waals surface area contributed by atoms with Crippen LogP contribution < -0.4 is 10.1 Å². The number of hydrogen-bond acceptors (Lipinski definition) is 6. The molecule has 0 unspecified atom stereocenters. The first-order chi connectivity index (χ1) is 13.7. The molecule has 1 atom stereocenters. The number of amides is 1. The summed E-state index contributed by atoms with van der Waals surface area (Å²) in [6.07, 6.45) is -1.35. The molecule has 2 aromatic rings. The highest BCUT2D eigenvalue weighted by atomic mass is 32.2. The molecule has 0 fully saturated rings. The fourth-order valence-electron chi connectivity index (χ4n) is 2.47. The van der Waals surface area contributed by atoms with Gasteiger partial charge in [0.2, 0.25) is 0 Å². The summed E-state index contributed by atoms with van der Waals surface area (Å²) < 4.78 is 34.7. The average molecular weight is 419 g/mol. The van der Waals surface area contributed by atoms with Crippen LogP contribution in [0.1, 0.15) is 24.5 Å². The molecule has 7 nitrogen and oxygen atoms in total. The number of sulfone groups is 1. The largest absolute Gasteiger partial charge is 0.497 e. The highest BCUT2D eigenvalue weighted by Crippen LogP contribution is 2.14. The quantitative estimate of drug-likeness (QED) is 0.627. The Morgan fingerprint density at radius 1 is 1.03 bits per heavy atom. The molecule has 156 valence electrons. The molecule has 1 amide bonds. The minimum atomic E-state index is -3.59. The van der Waals surface area contributed by atoms with E-state index in [-0.39, 0.29) is 23.6 Å². The average Bonchev–Trinajstić information content (AvgIpc) is 2.71. The van der Waals surface area contributed by atoms with Crippen LogP contribution in [0.15, 0.2) is 53.4 Å². The molecule has 0 heterocycles. The molecule has 0 saturated heterocycles. The van der Waals surface area contributed by atoms with E-state index in [0.717, 1.165) is 11.1 Å². The van der Waals surface area contributed by atoms with Gasteiger partial charge in [-0.1, -0.05) is 29.8 Å². The van der Waals surface area contributed by atoms with Gasteiger partial charge in [-0.2, -0.15) is 0 Å². The number of esters is 1. The van der Waals surface area contributed by atoms with Gasteiger partial charge in [-0.3, -0.25) is 9.59 Å². The maximum Gasteiger partial charge on any atom is 0.307 e. The van der Waals surface area contributed by atoms with Crippen LogP contribution in [-0.2, 0) is 30.7 Å². The van der Waals surface area contributed by atoms with E-state index in [2.05, 4.69) is 5.32 Å². The third-order valence-electron chi connectivity index (χ3n) is 4.26. The minimum absolute atomic E-state index is 0.154. The van der Waals surface area contributed by atoms with Crippen LogP contribution in [0.5, 0.6) is 5.75 Å². The number of carbonyl (C=O) groups excluding carboxylic acids is 2. The summed E-state index contributed by atoms with van der Waals surface area (Å²) in [5, 5.41) is 2.67. The number of rotatable bonds is 9. The van der Waals surface area contributed by atoms with Crippen molar-refractivity contribution in [3.05, 3.63) is 59.7 Å². The van der Waals surface area contributed by atoms with Crippen LogP contribution in [-0.4, -0.2) is 39.3 Å². The van der Waals surface area contributed by atoms with E-state index < -0.39 is 27.8 Å². The fourth-order valence-corrected chi connectivity index (χ4v) is 3.69. The van der Waals surface area contributed by atoms with Gasteiger partial charge in [0.25, 0.3) is 5.91 Å². The standard InChI is InChI=1S/C21H25NO6S/c1-15-4-10-19(11-5-15)29(25,26)13-12-20(23)28-16(2)21(24)22-14-17-6-8-18(27-3)9-7-17/h4-11,16H,12-14H2,1-3H3,(H,22,24)/t16-/m1/s1. The summed E-state index contributed by atoms with van der Waals surface area (Å²) in [4.78, 5) is 24.2. The van der Waals surface area contributed by atoms with Crippen LogP contribution in [0, 0.1) is 6.92 Å². The van der Waals surface area contributed by atoms with Crippen LogP contribution in [0.25, 0.3) is 0 Å². The maximum absolute atomic E-state index is 12.3. The van der Waals surface area contributed by atoms with Crippen molar-refractivity contribution >= 4 is 21.7 Å². The molecule has 0 aromatic heterocycles. The number of methoxy groups -OCH3 is 1. The summed E-state index contributed by atoms with van der Waals surface area (Å²) in [6.45, 7) is 3.57. The van der Waals surface area contributed by atoms with Crippen molar-refractivity contribution in [2.75, 3.05) is 12.9 Å². The predicted molar refractivity (Wildman–Crippen MR) is 108 cm³/mol. The van der Waals surface area contributed by atoms with Crippen molar-refractivity contribution in [2.45, 2.75) is 37.8 Å². The van der Waals surface area contributed by atoms with Crippen molar-refractivity contribution < 1.29 is 27.5 Å². The highest BCUT2D eigenvalue weighted by molar-refractivity contribution is 7.91. The van der Waals surface area contributed by atoms with Crippen LogP contribution in [0.2, 0.25) is 0 Å². The molecular formula is C21H25NO6S. The van der Waals surface area contributed by atoms with Gasteiger partial charge in [-0.15, -0.1) is 0 Å². The molecule has 29 heavy (non-hydrogen) atoms. The minimum Gasteiger partial charge on any atom is -0.497 e. The van der Waals surface area contributed by atoms with Gasteiger partial charge in [0, 0.05) is 6.54 Å². The Morgan fingerprint density at radius 3 is 2.24 bits per heavy atom. The van der Waals surface area contributed by atoms with Crippen molar-refractivity contribution in [3.63, 3.8) is 0 Å². The normalized spacial score (nSPS) is 12.1. The Labute approximate surface area is 170 Å². The first-order valence-corrected chi connectivity index (χ1v) is 10.8. The summed E-state index contributed by atoms with van der Waals surface area (Å²) >= 11 is 0. The smallest absolute Gasteiger partial charge is 0.307 e. The van der Waals surface area contributed by atoms with Gasteiger partial charge in [0.15, 0.2) is 15.9 Å². The Balaban J connectivity index is 1.79. The summed E-state index contributed by atoms with van der Waals surface area (Å²) in [5.74, 6) is -0.874. The summed E-state index contributed by atoms with van der Waals surface area (Å²) in [7, 11) is -2.02. The first kappa shape index (κ1) is 22.4. The van der Waals surface area contributed by atoms with E-state index in [9.17, 15) is 18.0 Å². The lowest BCUT2D eigenvalue weighted by Gasteiger charge is -2.14. The van der Waals surface area contributed by atoms with Gasteiger partial charge in [-0.05, 0) is 43.7 Å². The molecular weight excluding hydrogens is 394 g/mol. The van der Waals surface area contributed by atoms with Gasteiger partial charge in [0.1, 0.15) is 5.75 Å². The zero-order chi connectivity index (χ0) is 21.4. The van der Waals surface area contributed by atoms with Crippen molar-refractivity contribution in [1.29, 1.82) is 0 Å². The second-order valence-electron chi connectivity index (χ2n) is 6.58. The molecule has 8 heteroatoms. The van der Waals surface area contributed by atoms with Gasteiger partial charge >= 0.3 is 5.97 Å². The second-order valence-corrected chi connectivity index (χ2v) is 8.69. The fraction of sp³-hybridized carbons (Fsp3) is 0.333. The molecule has 0 bridgehead atoms. The molecule has 0 aliphatic heterocycles. The number of carbonyl (C=O) groups is 2. The van der Waals surface area contributed by atoms with Gasteiger partial charge in [-0.25, -0.2) is 8.42 Å². The zero-order valence-electron chi connectivity index (χ0n) is 16.7. The molecule has 0 saturated carbocycles. The second kappa shape index (κ2) is 10.1. The molecule has 0 radical (unpaired) electrons. The number of ether oxygens (including phenoxy) is 2. The highest BCUT2D eigenvalue weighted by Gasteiger charge is 2.21. The Hall–Kier alpha value is -2.87. The number of aryl methyl sites for hydroxylation is 1. The molecule has 2 aromatic carbocycles. The van der Waals surface area contributed by atoms with Crippen molar-refractivity contribution in [3.8, 4) is 5.75 Å². The van der Waals surface area contributed by atoms with E-state index in [1.165, 1.54) is 19.1 Å². The van der Waals surface area contributed by atoms with Crippen LogP contribution in [0.3, 0.4) is 0 Å². The third kappa shape index (κ3) is 6.90. The van der Waals surface area contributed by atoms with Crippen molar-refractivity contribution in [2.24, 2.45) is 0 Å². The Bertz CT molecular complexity index is 936.